The summed E-state index contributed by atoms with van der Waals surface area (Å²) >= 11 is 0. The highest BCUT2D eigenvalue weighted by molar-refractivity contribution is 5.87. The molecule has 114 valence electrons. The number of hydrogen-bond donors (Lipinski definition) is 1. The molecule has 4 nitrogen and oxygen atoms in total. The Kier molecular flexibility index (Phi) is 5.39. The fraction of sp³-hybridized carbons (Fsp3) is 0.471. The maximum atomic E-state index is 10.7. The van der Waals surface area contributed by atoms with Crippen LogP contribution in [0.5, 0.6) is 0 Å². The SMILES string of the molecule is CCC(C)N1CCN(c2ccccc2C=CC(=O)O)CC1. The first-order valence-electron chi connectivity index (χ1n) is 7.61. The van der Waals surface area contributed by atoms with Crippen molar-refractivity contribution in [2.75, 3.05) is 31.1 Å². The summed E-state index contributed by atoms with van der Waals surface area (Å²) in [7, 11) is 0. The molecule has 1 unspecified atom stereocenters. The van der Waals surface area contributed by atoms with Crippen LogP contribution in [-0.2, 0) is 4.79 Å². The third-order valence-electron chi connectivity index (χ3n) is 4.21. The average molecular weight is 288 g/mol. The summed E-state index contributed by atoms with van der Waals surface area (Å²) in [6.07, 6.45) is 4.06. The number of aliphatic carboxylic acids is 1. The van der Waals surface area contributed by atoms with Gasteiger partial charge in [-0.05, 0) is 31.1 Å². The number of rotatable bonds is 5. The van der Waals surface area contributed by atoms with Crippen molar-refractivity contribution in [3.05, 3.63) is 35.9 Å². The van der Waals surface area contributed by atoms with Gasteiger partial charge in [0.15, 0.2) is 0 Å². The van der Waals surface area contributed by atoms with Crippen LogP contribution in [0.2, 0.25) is 0 Å². The lowest BCUT2D eigenvalue weighted by atomic mass is 10.1. The molecule has 4 heteroatoms. The minimum absolute atomic E-state index is 0.634. The summed E-state index contributed by atoms with van der Waals surface area (Å²) in [5.41, 5.74) is 2.09. The number of anilines is 1. The maximum Gasteiger partial charge on any atom is 0.328 e. The monoisotopic (exact) mass is 288 g/mol. The summed E-state index contributed by atoms with van der Waals surface area (Å²) < 4.78 is 0. The van der Waals surface area contributed by atoms with Crippen LogP contribution in [0, 0.1) is 0 Å². The van der Waals surface area contributed by atoms with E-state index in [0.29, 0.717) is 6.04 Å². The predicted octanol–water partition coefficient (Wildman–Crippen LogP) is 2.70. The second-order valence-corrected chi connectivity index (χ2v) is 5.51. The van der Waals surface area contributed by atoms with E-state index in [-0.39, 0.29) is 0 Å². The molecule has 0 bridgehead atoms. The molecule has 0 aliphatic carbocycles. The van der Waals surface area contributed by atoms with Crippen molar-refractivity contribution >= 4 is 17.7 Å². The van der Waals surface area contributed by atoms with Crippen molar-refractivity contribution in [1.82, 2.24) is 4.90 Å². The first-order valence-corrected chi connectivity index (χ1v) is 7.61. The van der Waals surface area contributed by atoms with Gasteiger partial charge in [-0.2, -0.15) is 0 Å². The number of nitrogens with zero attached hydrogens (tertiary/aromatic N) is 2. The van der Waals surface area contributed by atoms with Crippen molar-refractivity contribution in [3.8, 4) is 0 Å². The number of carboxylic acids is 1. The Bertz CT molecular complexity index is 505. The number of hydrogen-bond acceptors (Lipinski definition) is 3. The first-order chi connectivity index (χ1) is 10.1. The topological polar surface area (TPSA) is 43.8 Å². The predicted molar refractivity (Wildman–Crippen MR) is 86.7 cm³/mol. The van der Waals surface area contributed by atoms with E-state index in [9.17, 15) is 4.79 Å². The molecule has 21 heavy (non-hydrogen) atoms. The molecule has 0 amide bonds. The van der Waals surface area contributed by atoms with E-state index >= 15 is 0 Å². The molecule has 2 rings (SSSR count). The zero-order valence-electron chi connectivity index (χ0n) is 12.8. The molecule has 1 fully saturated rings. The lowest BCUT2D eigenvalue weighted by Crippen LogP contribution is -2.49. The fourth-order valence-electron chi connectivity index (χ4n) is 2.74. The molecule has 0 saturated carbocycles. The third kappa shape index (κ3) is 4.08. The van der Waals surface area contributed by atoms with Gasteiger partial charge in [-0.1, -0.05) is 25.1 Å². The average Bonchev–Trinajstić information content (AvgIpc) is 2.52. The van der Waals surface area contributed by atoms with Crippen LogP contribution in [0.15, 0.2) is 30.3 Å². The smallest absolute Gasteiger partial charge is 0.328 e. The molecule has 1 aromatic rings. The van der Waals surface area contributed by atoms with Crippen LogP contribution < -0.4 is 4.90 Å². The molecule has 1 aliphatic rings. The highest BCUT2D eigenvalue weighted by Gasteiger charge is 2.21. The third-order valence-corrected chi connectivity index (χ3v) is 4.21. The summed E-state index contributed by atoms with van der Waals surface area (Å²) in [4.78, 5) is 15.6. The molecule has 0 aromatic heterocycles. The van der Waals surface area contributed by atoms with Gasteiger partial charge in [-0.15, -0.1) is 0 Å². The largest absolute Gasteiger partial charge is 0.478 e. The Hall–Kier alpha value is -1.81. The Morgan fingerprint density at radius 1 is 1.29 bits per heavy atom. The van der Waals surface area contributed by atoms with Gasteiger partial charge in [0.2, 0.25) is 0 Å². The van der Waals surface area contributed by atoms with Gasteiger partial charge >= 0.3 is 5.97 Å². The van der Waals surface area contributed by atoms with Gasteiger partial charge in [-0.3, -0.25) is 4.90 Å². The zero-order valence-corrected chi connectivity index (χ0v) is 12.8. The van der Waals surface area contributed by atoms with Gasteiger partial charge in [0.25, 0.3) is 0 Å². The second-order valence-electron chi connectivity index (χ2n) is 5.51. The molecular weight excluding hydrogens is 264 g/mol. The minimum Gasteiger partial charge on any atom is -0.478 e. The van der Waals surface area contributed by atoms with E-state index in [0.717, 1.165) is 37.4 Å². The summed E-state index contributed by atoms with van der Waals surface area (Å²) in [6.45, 7) is 8.60. The molecule has 0 spiro atoms. The second kappa shape index (κ2) is 7.27. The van der Waals surface area contributed by atoms with Crippen molar-refractivity contribution in [2.24, 2.45) is 0 Å². The lowest BCUT2D eigenvalue weighted by molar-refractivity contribution is -0.131. The number of benzene rings is 1. The Morgan fingerprint density at radius 3 is 2.57 bits per heavy atom. The highest BCUT2D eigenvalue weighted by Crippen LogP contribution is 2.23. The standard InChI is InChI=1S/C17H24N2O2/c1-3-14(2)18-10-12-19(13-11-18)16-7-5-4-6-15(16)8-9-17(20)21/h4-9,14H,3,10-13H2,1-2H3,(H,20,21). The van der Waals surface area contributed by atoms with Gasteiger partial charge in [0.1, 0.15) is 0 Å². The van der Waals surface area contributed by atoms with E-state index in [4.69, 9.17) is 5.11 Å². The van der Waals surface area contributed by atoms with Gasteiger partial charge in [0.05, 0.1) is 0 Å². The molecule has 0 radical (unpaired) electrons. The van der Waals surface area contributed by atoms with E-state index in [1.807, 2.05) is 18.2 Å². The summed E-state index contributed by atoms with van der Waals surface area (Å²) in [6, 6.07) is 8.62. The molecule has 1 heterocycles. The Labute approximate surface area is 126 Å². The Balaban J connectivity index is 2.08. The van der Waals surface area contributed by atoms with Crippen molar-refractivity contribution in [2.45, 2.75) is 26.3 Å². The van der Waals surface area contributed by atoms with Crippen LogP contribution in [-0.4, -0.2) is 48.2 Å². The van der Waals surface area contributed by atoms with Gasteiger partial charge in [0, 0.05) is 44.0 Å². The van der Waals surface area contributed by atoms with Crippen LogP contribution in [0.4, 0.5) is 5.69 Å². The molecule has 1 saturated heterocycles. The normalized spacial score (nSPS) is 18.1. The summed E-state index contributed by atoms with van der Waals surface area (Å²) in [5.74, 6) is -0.911. The fourth-order valence-corrected chi connectivity index (χ4v) is 2.74. The molecule has 1 N–H and O–H groups in total. The van der Waals surface area contributed by atoms with E-state index in [1.54, 1.807) is 6.08 Å². The quantitative estimate of drug-likeness (QED) is 0.846. The number of carbonyl (C=O) groups is 1. The molecule has 1 aromatic carbocycles. The van der Waals surface area contributed by atoms with Crippen LogP contribution in [0.1, 0.15) is 25.8 Å². The van der Waals surface area contributed by atoms with Crippen molar-refractivity contribution in [1.29, 1.82) is 0 Å². The van der Waals surface area contributed by atoms with Gasteiger partial charge < -0.3 is 10.0 Å². The van der Waals surface area contributed by atoms with Crippen LogP contribution in [0.3, 0.4) is 0 Å². The molecule has 1 atom stereocenters. The highest BCUT2D eigenvalue weighted by atomic mass is 16.4. The van der Waals surface area contributed by atoms with Crippen LogP contribution in [0.25, 0.3) is 6.08 Å². The Morgan fingerprint density at radius 2 is 1.95 bits per heavy atom. The van der Waals surface area contributed by atoms with Crippen LogP contribution >= 0.6 is 0 Å². The van der Waals surface area contributed by atoms with Crippen molar-refractivity contribution in [3.63, 3.8) is 0 Å². The summed E-state index contributed by atoms with van der Waals surface area (Å²) in [5, 5.41) is 8.79. The number of carboxylic acid groups (broad SMARTS) is 1. The molecular formula is C17H24N2O2. The van der Waals surface area contributed by atoms with Gasteiger partial charge in [-0.25, -0.2) is 4.79 Å². The van der Waals surface area contributed by atoms with E-state index in [2.05, 4.69) is 29.7 Å². The minimum atomic E-state index is -0.911. The van der Waals surface area contributed by atoms with E-state index in [1.165, 1.54) is 12.5 Å². The first kappa shape index (κ1) is 15.6. The lowest BCUT2D eigenvalue weighted by Gasteiger charge is -2.39. The number of para-hydroxylation sites is 1. The van der Waals surface area contributed by atoms with Crippen molar-refractivity contribution < 1.29 is 9.90 Å². The zero-order chi connectivity index (χ0) is 15.2. The molecule has 1 aliphatic heterocycles. The van der Waals surface area contributed by atoms with E-state index < -0.39 is 5.97 Å². The number of piperazine rings is 1. The maximum absolute atomic E-state index is 10.7.